The van der Waals surface area contributed by atoms with Crippen LogP contribution >= 0.6 is 0 Å². The van der Waals surface area contributed by atoms with Crippen molar-refractivity contribution in [1.82, 2.24) is 20.1 Å². The molecule has 0 aliphatic heterocycles. The van der Waals surface area contributed by atoms with Gasteiger partial charge in [-0.3, -0.25) is 9.48 Å². The Bertz CT molecular complexity index is 736. The highest BCUT2D eigenvalue weighted by molar-refractivity contribution is 5.95. The Balaban J connectivity index is 1.73. The second-order valence-corrected chi connectivity index (χ2v) is 4.83. The summed E-state index contributed by atoms with van der Waals surface area (Å²) in [6, 6.07) is 10.1. The number of benzene rings is 1. The molecule has 2 N–H and O–H groups in total. The van der Waals surface area contributed by atoms with Crippen LogP contribution in [0.3, 0.4) is 0 Å². The lowest BCUT2D eigenvalue weighted by atomic mass is 10.2. The number of aromatic nitrogens is 3. The molecule has 102 valence electrons. The number of carbonyl (C=O) groups is 1. The van der Waals surface area contributed by atoms with Crippen molar-refractivity contribution in [3.05, 3.63) is 53.5 Å². The standard InChI is InChI=1S/C15H16N4O/c1-10-13(9-17-19(10)2)15(20)16-8-12-7-11-5-3-4-6-14(11)18-12/h3-7,9,18H,8H2,1-2H3,(H,16,20). The van der Waals surface area contributed by atoms with Crippen LogP contribution in [-0.4, -0.2) is 20.7 Å². The average Bonchev–Trinajstić information content (AvgIpc) is 3.00. The van der Waals surface area contributed by atoms with E-state index in [-0.39, 0.29) is 5.91 Å². The minimum atomic E-state index is -0.103. The quantitative estimate of drug-likeness (QED) is 0.764. The Morgan fingerprint density at radius 1 is 1.40 bits per heavy atom. The lowest BCUT2D eigenvalue weighted by Gasteiger charge is -2.03. The molecule has 5 nitrogen and oxygen atoms in total. The summed E-state index contributed by atoms with van der Waals surface area (Å²) in [5.41, 5.74) is 3.54. The van der Waals surface area contributed by atoms with Crippen molar-refractivity contribution in [1.29, 1.82) is 0 Å². The molecule has 5 heteroatoms. The molecule has 3 aromatic rings. The van der Waals surface area contributed by atoms with Crippen LogP contribution < -0.4 is 5.32 Å². The zero-order valence-corrected chi connectivity index (χ0v) is 11.5. The van der Waals surface area contributed by atoms with Crippen LogP contribution in [0.4, 0.5) is 0 Å². The fraction of sp³-hybridized carbons (Fsp3) is 0.200. The van der Waals surface area contributed by atoms with Crippen LogP contribution in [0.25, 0.3) is 10.9 Å². The molecule has 0 saturated heterocycles. The van der Waals surface area contributed by atoms with Gasteiger partial charge in [-0.1, -0.05) is 18.2 Å². The maximum Gasteiger partial charge on any atom is 0.255 e. The molecule has 0 atom stereocenters. The van der Waals surface area contributed by atoms with Gasteiger partial charge in [0.15, 0.2) is 0 Å². The molecule has 0 aliphatic rings. The lowest BCUT2D eigenvalue weighted by molar-refractivity contribution is 0.0950. The van der Waals surface area contributed by atoms with E-state index in [0.29, 0.717) is 12.1 Å². The number of nitrogens with one attached hydrogen (secondary N) is 2. The maximum absolute atomic E-state index is 12.1. The maximum atomic E-state index is 12.1. The van der Waals surface area contributed by atoms with Crippen molar-refractivity contribution in [2.24, 2.45) is 7.05 Å². The van der Waals surface area contributed by atoms with E-state index in [9.17, 15) is 4.79 Å². The third kappa shape index (κ3) is 2.18. The van der Waals surface area contributed by atoms with Crippen LogP contribution in [0.5, 0.6) is 0 Å². The number of rotatable bonds is 3. The summed E-state index contributed by atoms with van der Waals surface area (Å²) < 4.78 is 1.69. The van der Waals surface area contributed by atoms with Crippen LogP contribution in [-0.2, 0) is 13.6 Å². The van der Waals surface area contributed by atoms with Crippen molar-refractivity contribution in [2.45, 2.75) is 13.5 Å². The normalized spacial score (nSPS) is 10.9. The Labute approximate surface area is 116 Å². The monoisotopic (exact) mass is 268 g/mol. The number of aryl methyl sites for hydroxylation is 1. The minimum Gasteiger partial charge on any atom is -0.357 e. The number of amides is 1. The predicted octanol–water partition coefficient (Wildman–Crippen LogP) is 2.14. The van der Waals surface area contributed by atoms with E-state index in [1.165, 1.54) is 0 Å². The Kier molecular flexibility index (Phi) is 3.02. The molecule has 3 rings (SSSR count). The molecular formula is C15H16N4O. The summed E-state index contributed by atoms with van der Waals surface area (Å²) >= 11 is 0. The van der Waals surface area contributed by atoms with Crippen LogP contribution in [0.1, 0.15) is 21.7 Å². The molecule has 0 aliphatic carbocycles. The SMILES string of the molecule is Cc1c(C(=O)NCc2cc3ccccc3[nH]2)cnn1C. The molecular weight excluding hydrogens is 252 g/mol. The van der Waals surface area contributed by atoms with Gasteiger partial charge < -0.3 is 10.3 Å². The van der Waals surface area contributed by atoms with Crippen LogP contribution in [0.2, 0.25) is 0 Å². The molecule has 0 unspecified atom stereocenters. The first-order valence-corrected chi connectivity index (χ1v) is 6.48. The summed E-state index contributed by atoms with van der Waals surface area (Å²) in [6.45, 7) is 2.35. The molecule has 20 heavy (non-hydrogen) atoms. The highest BCUT2D eigenvalue weighted by Crippen LogP contribution is 2.14. The first-order valence-electron chi connectivity index (χ1n) is 6.48. The van der Waals surface area contributed by atoms with Gasteiger partial charge in [0, 0.05) is 24.0 Å². The van der Waals surface area contributed by atoms with E-state index in [4.69, 9.17) is 0 Å². The molecule has 2 heterocycles. The summed E-state index contributed by atoms with van der Waals surface area (Å²) in [5, 5.41) is 8.13. The van der Waals surface area contributed by atoms with Crippen molar-refractivity contribution < 1.29 is 4.79 Å². The first-order chi connectivity index (χ1) is 9.65. The van der Waals surface area contributed by atoms with Crippen molar-refractivity contribution in [3.8, 4) is 0 Å². The van der Waals surface area contributed by atoms with Gasteiger partial charge in [0.25, 0.3) is 5.91 Å². The highest BCUT2D eigenvalue weighted by atomic mass is 16.1. The molecule has 0 fully saturated rings. The van der Waals surface area contributed by atoms with Gasteiger partial charge in [0.05, 0.1) is 18.3 Å². The van der Waals surface area contributed by atoms with Gasteiger partial charge in [-0.15, -0.1) is 0 Å². The zero-order chi connectivity index (χ0) is 14.1. The Morgan fingerprint density at radius 2 is 2.20 bits per heavy atom. The number of H-pyrrole nitrogens is 1. The molecule has 1 amide bonds. The second-order valence-electron chi connectivity index (χ2n) is 4.83. The van der Waals surface area contributed by atoms with Crippen molar-refractivity contribution >= 4 is 16.8 Å². The largest absolute Gasteiger partial charge is 0.357 e. The molecule has 0 saturated carbocycles. The highest BCUT2D eigenvalue weighted by Gasteiger charge is 2.12. The number of para-hydroxylation sites is 1. The molecule has 1 aromatic carbocycles. The Hall–Kier alpha value is -2.56. The number of hydrogen-bond acceptors (Lipinski definition) is 2. The molecule has 0 radical (unpaired) electrons. The van der Waals surface area contributed by atoms with E-state index in [1.807, 2.05) is 44.3 Å². The van der Waals surface area contributed by atoms with Crippen molar-refractivity contribution in [2.75, 3.05) is 0 Å². The molecule has 2 aromatic heterocycles. The van der Waals surface area contributed by atoms with Crippen LogP contribution in [0.15, 0.2) is 36.5 Å². The number of nitrogens with zero attached hydrogens (tertiary/aromatic N) is 2. The van der Waals surface area contributed by atoms with Gasteiger partial charge >= 0.3 is 0 Å². The van der Waals surface area contributed by atoms with E-state index < -0.39 is 0 Å². The Morgan fingerprint density at radius 3 is 2.90 bits per heavy atom. The fourth-order valence-corrected chi connectivity index (χ4v) is 2.22. The lowest BCUT2D eigenvalue weighted by Crippen LogP contribution is -2.23. The summed E-state index contributed by atoms with van der Waals surface area (Å²) in [4.78, 5) is 15.4. The number of fused-ring (bicyclic) bond motifs is 1. The van der Waals surface area contributed by atoms with E-state index in [1.54, 1.807) is 10.9 Å². The topological polar surface area (TPSA) is 62.7 Å². The summed E-state index contributed by atoms with van der Waals surface area (Å²) in [6.07, 6.45) is 1.59. The minimum absolute atomic E-state index is 0.103. The van der Waals surface area contributed by atoms with Gasteiger partial charge in [-0.25, -0.2) is 0 Å². The van der Waals surface area contributed by atoms with Crippen LogP contribution in [0, 0.1) is 6.92 Å². The van der Waals surface area contributed by atoms with E-state index in [2.05, 4.69) is 15.4 Å². The zero-order valence-electron chi connectivity index (χ0n) is 11.5. The predicted molar refractivity (Wildman–Crippen MR) is 77.4 cm³/mol. The number of aromatic amines is 1. The van der Waals surface area contributed by atoms with Gasteiger partial charge in [-0.05, 0) is 24.4 Å². The smallest absolute Gasteiger partial charge is 0.255 e. The number of hydrogen-bond donors (Lipinski definition) is 2. The van der Waals surface area contributed by atoms with Gasteiger partial charge in [-0.2, -0.15) is 5.10 Å². The van der Waals surface area contributed by atoms with Gasteiger partial charge in [0.2, 0.25) is 0 Å². The van der Waals surface area contributed by atoms with E-state index >= 15 is 0 Å². The summed E-state index contributed by atoms with van der Waals surface area (Å²) in [5.74, 6) is -0.103. The third-order valence-corrected chi connectivity index (χ3v) is 3.51. The molecule has 0 bridgehead atoms. The molecule has 0 spiro atoms. The fourth-order valence-electron chi connectivity index (χ4n) is 2.22. The second kappa shape index (κ2) is 4.85. The average molecular weight is 268 g/mol. The third-order valence-electron chi connectivity index (χ3n) is 3.51. The van der Waals surface area contributed by atoms with Gasteiger partial charge in [0.1, 0.15) is 0 Å². The number of carbonyl (C=O) groups excluding carboxylic acids is 1. The first kappa shape index (κ1) is 12.5. The van der Waals surface area contributed by atoms with E-state index in [0.717, 1.165) is 22.3 Å². The van der Waals surface area contributed by atoms with Crippen molar-refractivity contribution in [3.63, 3.8) is 0 Å². The summed E-state index contributed by atoms with van der Waals surface area (Å²) in [7, 11) is 1.82.